The molecule has 21 heavy (non-hydrogen) atoms. The first-order chi connectivity index (χ1) is 10.2. The molecule has 5 nitrogen and oxygen atoms in total. The van der Waals surface area contributed by atoms with Crippen LogP contribution in [-0.4, -0.2) is 28.7 Å². The number of fused-ring (bicyclic) bond motifs is 1. The lowest BCUT2D eigenvalue weighted by atomic mass is 10.1. The number of aliphatic hydroxyl groups excluding tert-OH is 1. The van der Waals surface area contributed by atoms with Crippen LogP contribution in [0.15, 0.2) is 30.6 Å². The summed E-state index contributed by atoms with van der Waals surface area (Å²) in [6, 6.07) is 5.82. The zero-order valence-corrected chi connectivity index (χ0v) is 12.7. The maximum Gasteiger partial charge on any atom is 0.194 e. The van der Waals surface area contributed by atoms with Gasteiger partial charge in [-0.25, -0.2) is 4.98 Å². The number of thiazole rings is 1. The van der Waals surface area contributed by atoms with Crippen molar-refractivity contribution < 1.29 is 14.6 Å². The first-order valence-electron chi connectivity index (χ1n) is 6.51. The average molecular weight is 304 g/mol. The van der Waals surface area contributed by atoms with E-state index in [0.29, 0.717) is 0 Å². The van der Waals surface area contributed by atoms with Gasteiger partial charge in [0.15, 0.2) is 4.96 Å². The molecule has 1 aromatic carbocycles. The molecule has 3 rings (SSSR count). The summed E-state index contributed by atoms with van der Waals surface area (Å²) in [4.78, 5) is 6.35. The molecule has 0 aliphatic heterocycles. The molecule has 3 aromatic rings. The highest BCUT2D eigenvalue weighted by molar-refractivity contribution is 7.17. The van der Waals surface area contributed by atoms with E-state index in [2.05, 4.69) is 4.98 Å². The molecule has 1 N–H and O–H groups in total. The van der Waals surface area contributed by atoms with Crippen molar-refractivity contribution in [2.24, 2.45) is 0 Å². The van der Waals surface area contributed by atoms with Crippen LogP contribution < -0.4 is 9.47 Å². The van der Waals surface area contributed by atoms with Gasteiger partial charge in [0.2, 0.25) is 0 Å². The third-order valence-electron chi connectivity index (χ3n) is 3.36. The van der Waals surface area contributed by atoms with Gasteiger partial charge in [-0.2, -0.15) is 0 Å². The summed E-state index contributed by atoms with van der Waals surface area (Å²) in [6.45, 7) is -0.0107. The van der Waals surface area contributed by atoms with Crippen molar-refractivity contribution in [3.8, 4) is 11.5 Å². The minimum atomic E-state index is -0.0107. The van der Waals surface area contributed by atoms with Crippen LogP contribution in [0.4, 0.5) is 0 Å². The number of imidazole rings is 1. The molecule has 0 fully saturated rings. The van der Waals surface area contributed by atoms with Gasteiger partial charge in [0.1, 0.15) is 11.5 Å². The first kappa shape index (κ1) is 13.9. The Balaban J connectivity index is 1.92. The molecule has 0 aliphatic rings. The van der Waals surface area contributed by atoms with Gasteiger partial charge in [0.05, 0.1) is 32.7 Å². The molecule has 0 aliphatic carbocycles. The van der Waals surface area contributed by atoms with Crippen LogP contribution in [0.2, 0.25) is 0 Å². The summed E-state index contributed by atoms with van der Waals surface area (Å²) in [6.07, 6.45) is 4.47. The van der Waals surface area contributed by atoms with E-state index in [1.165, 1.54) is 0 Å². The zero-order chi connectivity index (χ0) is 14.8. The van der Waals surface area contributed by atoms with Gasteiger partial charge >= 0.3 is 0 Å². The standard InChI is InChI=1S/C15H16N2O3S/c1-19-12-4-3-10(14(6-12)20-2)5-13-8-17-11(9-18)7-16-15(17)21-13/h3-4,6-8,18H,5,9H2,1-2H3. The molecule has 110 valence electrons. The van der Waals surface area contributed by atoms with Crippen LogP contribution in [0.1, 0.15) is 16.1 Å². The summed E-state index contributed by atoms with van der Waals surface area (Å²) < 4.78 is 12.6. The summed E-state index contributed by atoms with van der Waals surface area (Å²) in [7, 11) is 3.29. The number of benzene rings is 1. The summed E-state index contributed by atoms with van der Waals surface area (Å²) in [5.74, 6) is 1.59. The Morgan fingerprint density at radius 1 is 1.29 bits per heavy atom. The van der Waals surface area contributed by atoms with Crippen molar-refractivity contribution in [2.75, 3.05) is 14.2 Å². The van der Waals surface area contributed by atoms with Crippen LogP contribution in [0.25, 0.3) is 4.96 Å². The quantitative estimate of drug-likeness (QED) is 0.787. The predicted octanol–water partition coefficient (Wildman–Crippen LogP) is 2.50. The number of aromatic nitrogens is 2. The number of aliphatic hydroxyl groups is 1. The molecule has 0 spiro atoms. The number of hydrogen-bond acceptors (Lipinski definition) is 5. The van der Waals surface area contributed by atoms with E-state index in [9.17, 15) is 5.11 Å². The van der Waals surface area contributed by atoms with Gasteiger partial charge < -0.3 is 14.6 Å². The largest absolute Gasteiger partial charge is 0.497 e. The molecule has 0 atom stereocenters. The molecule has 0 saturated carbocycles. The van der Waals surface area contributed by atoms with E-state index in [4.69, 9.17) is 9.47 Å². The van der Waals surface area contributed by atoms with E-state index >= 15 is 0 Å². The Bertz CT molecular complexity index is 763. The van der Waals surface area contributed by atoms with Crippen molar-refractivity contribution in [3.05, 3.63) is 46.7 Å². The third-order valence-corrected chi connectivity index (χ3v) is 4.35. The second kappa shape index (κ2) is 5.75. The highest BCUT2D eigenvalue weighted by Gasteiger charge is 2.11. The molecule has 0 unspecified atom stereocenters. The molecule has 2 heterocycles. The number of nitrogens with zero attached hydrogens (tertiary/aromatic N) is 2. The smallest absolute Gasteiger partial charge is 0.194 e. The normalized spacial score (nSPS) is 11.0. The number of rotatable bonds is 5. The van der Waals surface area contributed by atoms with E-state index in [-0.39, 0.29) is 6.61 Å². The highest BCUT2D eigenvalue weighted by atomic mass is 32.1. The molecule has 0 radical (unpaired) electrons. The summed E-state index contributed by atoms with van der Waals surface area (Å²) in [5, 5.41) is 9.27. The molecule has 0 saturated heterocycles. The van der Waals surface area contributed by atoms with Gasteiger partial charge in [-0.3, -0.25) is 4.40 Å². The first-order valence-corrected chi connectivity index (χ1v) is 7.33. The molecular weight excluding hydrogens is 288 g/mol. The minimum Gasteiger partial charge on any atom is -0.497 e. The number of hydrogen-bond donors (Lipinski definition) is 1. The molecular formula is C15H16N2O3S. The fourth-order valence-electron chi connectivity index (χ4n) is 2.26. The van der Waals surface area contributed by atoms with Gasteiger partial charge in [0.25, 0.3) is 0 Å². The van der Waals surface area contributed by atoms with Crippen LogP contribution in [0.5, 0.6) is 11.5 Å². The van der Waals surface area contributed by atoms with Crippen LogP contribution in [0.3, 0.4) is 0 Å². The topological polar surface area (TPSA) is 56.0 Å². The maximum atomic E-state index is 9.27. The van der Waals surface area contributed by atoms with E-state index in [0.717, 1.165) is 39.0 Å². The van der Waals surface area contributed by atoms with Gasteiger partial charge in [-0.05, 0) is 11.6 Å². The third kappa shape index (κ3) is 2.59. The average Bonchev–Trinajstić information content (AvgIpc) is 3.07. The molecule has 6 heteroatoms. The summed E-state index contributed by atoms with van der Waals surface area (Å²) >= 11 is 1.61. The number of ether oxygens (including phenoxy) is 2. The molecule has 0 bridgehead atoms. The molecule has 2 aromatic heterocycles. The fraction of sp³-hybridized carbons (Fsp3) is 0.267. The van der Waals surface area contributed by atoms with Gasteiger partial charge in [-0.15, -0.1) is 11.3 Å². The van der Waals surface area contributed by atoms with Crippen molar-refractivity contribution >= 4 is 16.3 Å². The molecule has 0 amide bonds. The van der Waals surface area contributed by atoms with Crippen molar-refractivity contribution in [3.63, 3.8) is 0 Å². The minimum absolute atomic E-state index is 0.0107. The van der Waals surface area contributed by atoms with Crippen molar-refractivity contribution in [2.45, 2.75) is 13.0 Å². The monoisotopic (exact) mass is 304 g/mol. The van der Waals surface area contributed by atoms with Crippen LogP contribution in [-0.2, 0) is 13.0 Å². The van der Waals surface area contributed by atoms with E-state index < -0.39 is 0 Å². The Kier molecular flexibility index (Phi) is 3.81. The lowest BCUT2D eigenvalue weighted by molar-refractivity contribution is 0.276. The lowest BCUT2D eigenvalue weighted by Crippen LogP contribution is -1.94. The van der Waals surface area contributed by atoms with Crippen LogP contribution in [0, 0.1) is 0 Å². The summed E-state index contributed by atoms with van der Waals surface area (Å²) in [5.41, 5.74) is 1.89. The van der Waals surface area contributed by atoms with Crippen molar-refractivity contribution in [1.29, 1.82) is 0 Å². The fourth-order valence-corrected chi connectivity index (χ4v) is 3.26. The van der Waals surface area contributed by atoms with Crippen molar-refractivity contribution in [1.82, 2.24) is 9.38 Å². The second-order valence-corrected chi connectivity index (χ2v) is 5.71. The zero-order valence-electron chi connectivity index (χ0n) is 11.9. The Hall–Kier alpha value is -2.05. The highest BCUT2D eigenvalue weighted by Crippen LogP contribution is 2.29. The Labute approximate surface area is 126 Å². The Morgan fingerprint density at radius 2 is 2.14 bits per heavy atom. The number of methoxy groups -OCH3 is 2. The van der Waals surface area contributed by atoms with Gasteiger partial charge in [0, 0.05) is 23.6 Å². The predicted molar refractivity (Wildman–Crippen MR) is 81.3 cm³/mol. The van der Waals surface area contributed by atoms with E-state index in [1.54, 1.807) is 31.8 Å². The lowest BCUT2D eigenvalue weighted by Gasteiger charge is -2.09. The van der Waals surface area contributed by atoms with Gasteiger partial charge in [-0.1, -0.05) is 6.07 Å². The van der Waals surface area contributed by atoms with E-state index in [1.807, 2.05) is 28.8 Å². The van der Waals surface area contributed by atoms with Crippen LogP contribution >= 0.6 is 11.3 Å². The second-order valence-electron chi connectivity index (χ2n) is 4.61. The Morgan fingerprint density at radius 3 is 2.86 bits per heavy atom. The maximum absolute atomic E-state index is 9.27. The SMILES string of the molecule is COc1ccc(Cc2cn3c(CO)cnc3s2)c(OC)c1.